The molecule has 25 heavy (non-hydrogen) atoms. The summed E-state index contributed by atoms with van der Waals surface area (Å²) in [5.41, 5.74) is 3.12. The molecule has 0 atom stereocenters. The molecular weight excluding hydrogens is 435 g/mol. The first-order valence-corrected chi connectivity index (χ1v) is 8.32. The van der Waals surface area contributed by atoms with Gasteiger partial charge in [-0.3, -0.25) is 20.2 Å². The van der Waals surface area contributed by atoms with Crippen LogP contribution >= 0.6 is 22.6 Å². The van der Waals surface area contributed by atoms with Crippen molar-refractivity contribution in [2.24, 2.45) is 0 Å². The molecule has 0 aliphatic heterocycles. The Morgan fingerprint density at radius 2 is 1.08 bits per heavy atom. The molecule has 7 heteroatoms. The molecule has 0 fully saturated rings. The minimum atomic E-state index is -0.432. The molecular formula is C18H11IN2O4. The van der Waals surface area contributed by atoms with Crippen LogP contribution in [0.1, 0.15) is 0 Å². The largest absolute Gasteiger partial charge is 0.270 e. The number of rotatable bonds is 4. The zero-order valence-electron chi connectivity index (χ0n) is 12.8. The van der Waals surface area contributed by atoms with Crippen molar-refractivity contribution < 1.29 is 9.85 Å². The summed E-state index contributed by atoms with van der Waals surface area (Å²) in [6, 6.07) is 18.5. The highest BCUT2D eigenvalue weighted by Gasteiger charge is 2.11. The Morgan fingerprint density at radius 3 is 1.48 bits per heavy atom. The van der Waals surface area contributed by atoms with Gasteiger partial charge in [0.2, 0.25) is 0 Å². The van der Waals surface area contributed by atoms with Gasteiger partial charge >= 0.3 is 0 Å². The van der Waals surface area contributed by atoms with Gasteiger partial charge in [-0.25, -0.2) is 0 Å². The fraction of sp³-hybridized carbons (Fsp3) is 0. The molecule has 0 aliphatic carbocycles. The molecule has 0 aliphatic rings. The fourth-order valence-corrected chi connectivity index (χ4v) is 3.19. The molecule has 0 unspecified atom stereocenters. The summed E-state index contributed by atoms with van der Waals surface area (Å²) in [5, 5.41) is 22.0. The summed E-state index contributed by atoms with van der Waals surface area (Å²) >= 11 is 2.16. The van der Waals surface area contributed by atoms with E-state index >= 15 is 0 Å². The first kappa shape index (κ1) is 17.0. The van der Waals surface area contributed by atoms with E-state index in [1.807, 2.05) is 18.2 Å². The number of benzene rings is 3. The highest BCUT2D eigenvalue weighted by Crippen LogP contribution is 2.31. The van der Waals surface area contributed by atoms with E-state index in [0.29, 0.717) is 0 Å². The third-order valence-corrected chi connectivity index (χ3v) is 4.30. The van der Waals surface area contributed by atoms with E-state index in [0.717, 1.165) is 25.8 Å². The van der Waals surface area contributed by atoms with Crippen LogP contribution in [0.15, 0.2) is 66.7 Å². The van der Waals surface area contributed by atoms with Crippen LogP contribution in [0.3, 0.4) is 0 Å². The van der Waals surface area contributed by atoms with Gasteiger partial charge in [-0.1, -0.05) is 24.3 Å². The molecule has 0 radical (unpaired) electrons. The van der Waals surface area contributed by atoms with Gasteiger partial charge in [0, 0.05) is 27.8 Å². The van der Waals surface area contributed by atoms with Crippen molar-refractivity contribution in [2.75, 3.05) is 0 Å². The van der Waals surface area contributed by atoms with E-state index in [2.05, 4.69) is 22.6 Å². The highest BCUT2D eigenvalue weighted by atomic mass is 127. The lowest BCUT2D eigenvalue weighted by Gasteiger charge is -2.08. The maximum absolute atomic E-state index is 11.0. The Balaban J connectivity index is 2.10. The second-order valence-electron chi connectivity index (χ2n) is 5.34. The molecule has 0 saturated heterocycles. The summed E-state index contributed by atoms with van der Waals surface area (Å²) in [6.07, 6.45) is 0. The average molecular weight is 446 g/mol. The predicted octanol–water partition coefficient (Wildman–Crippen LogP) is 5.44. The molecule has 3 aromatic carbocycles. The lowest BCUT2D eigenvalue weighted by Crippen LogP contribution is -1.90. The number of nitrogens with zero attached hydrogens (tertiary/aromatic N) is 2. The minimum absolute atomic E-state index is 0.0215. The normalized spacial score (nSPS) is 10.4. The average Bonchev–Trinajstić information content (AvgIpc) is 2.61. The lowest BCUT2D eigenvalue weighted by atomic mass is 9.98. The minimum Gasteiger partial charge on any atom is -0.258 e. The van der Waals surface area contributed by atoms with Crippen molar-refractivity contribution in [1.29, 1.82) is 0 Å². The van der Waals surface area contributed by atoms with Gasteiger partial charge in [0.05, 0.1) is 9.85 Å². The van der Waals surface area contributed by atoms with Crippen LogP contribution in [0, 0.1) is 23.8 Å². The smallest absolute Gasteiger partial charge is 0.258 e. The van der Waals surface area contributed by atoms with Gasteiger partial charge in [-0.05, 0) is 63.0 Å². The van der Waals surface area contributed by atoms with Crippen LogP contribution in [0.5, 0.6) is 0 Å². The number of hydrogen-bond acceptors (Lipinski definition) is 4. The summed E-state index contributed by atoms with van der Waals surface area (Å²) < 4.78 is 0.933. The molecule has 0 heterocycles. The summed E-state index contributed by atoms with van der Waals surface area (Å²) in [6.45, 7) is 0. The second-order valence-corrected chi connectivity index (χ2v) is 6.59. The quantitative estimate of drug-likeness (QED) is 0.303. The first-order chi connectivity index (χ1) is 11.9. The molecule has 0 N–H and O–H groups in total. The number of hydrogen-bond donors (Lipinski definition) is 0. The zero-order valence-corrected chi connectivity index (χ0v) is 14.9. The molecule has 0 amide bonds. The summed E-state index contributed by atoms with van der Waals surface area (Å²) in [5.74, 6) is 0. The maximum atomic E-state index is 11.0. The van der Waals surface area contributed by atoms with Gasteiger partial charge in [-0.15, -0.1) is 0 Å². The van der Waals surface area contributed by atoms with Gasteiger partial charge in [0.25, 0.3) is 11.4 Å². The number of non-ortho nitro benzene ring substituents is 2. The predicted molar refractivity (Wildman–Crippen MR) is 103 cm³/mol. The Kier molecular flexibility index (Phi) is 4.75. The van der Waals surface area contributed by atoms with Crippen molar-refractivity contribution in [1.82, 2.24) is 0 Å². The van der Waals surface area contributed by atoms with Crippen LogP contribution < -0.4 is 0 Å². The molecule has 0 spiro atoms. The summed E-state index contributed by atoms with van der Waals surface area (Å²) in [4.78, 5) is 21.1. The molecule has 0 bridgehead atoms. The van der Waals surface area contributed by atoms with Gasteiger partial charge < -0.3 is 0 Å². The molecule has 0 saturated carbocycles. The Bertz CT molecular complexity index is 913. The molecule has 124 valence electrons. The Hall–Kier alpha value is -2.81. The molecule has 6 nitrogen and oxygen atoms in total. The molecule has 3 rings (SSSR count). The van der Waals surface area contributed by atoms with Crippen LogP contribution in [0.2, 0.25) is 0 Å². The van der Waals surface area contributed by atoms with Crippen molar-refractivity contribution in [3.8, 4) is 22.3 Å². The highest BCUT2D eigenvalue weighted by molar-refractivity contribution is 14.1. The van der Waals surface area contributed by atoms with Crippen molar-refractivity contribution in [3.63, 3.8) is 0 Å². The number of nitro groups is 2. The van der Waals surface area contributed by atoms with E-state index in [1.54, 1.807) is 24.3 Å². The summed E-state index contributed by atoms with van der Waals surface area (Å²) in [7, 11) is 0. The van der Waals surface area contributed by atoms with Crippen LogP contribution in [0.4, 0.5) is 11.4 Å². The maximum Gasteiger partial charge on any atom is 0.270 e. The van der Waals surface area contributed by atoms with E-state index < -0.39 is 9.85 Å². The van der Waals surface area contributed by atoms with Crippen molar-refractivity contribution in [2.45, 2.75) is 0 Å². The standard InChI is InChI=1S/C18H11IN2O4/c19-16-8-14(12-3-1-5-17(10-12)20(22)23)7-15(9-16)13-4-2-6-18(11-13)21(24)25/h1-11H. The SMILES string of the molecule is O=[N+]([O-])c1cccc(-c2cc(I)cc(-c3cccc([N+](=O)[O-])c3)c2)c1. The van der Waals surface area contributed by atoms with Crippen LogP contribution in [-0.4, -0.2) is 9.85 Å². The van der Waals surface area contributed by atoms with Gasteiger partial charge in [-0.2, -0.15) is 0 Å². The lowest BCUT2D eigenvalue weighted by molar-refractivity contribution is -0.385. The molecule has 3 aromatic rings. The topological polar surface area (TPSA) is 86.3 Å². The zero-order chi connectivity index (χ0) is 18.0. The third kappa shape index (κ3) is 3.82. The Morgan fingerprint density at radius 1 is 0.640 bits per heavy atom. The van der Waals surface area contributed by atoms with E-state index in [1.165, 1.54) is 24.3 Å². The monoisotopic (exact) mass is 446 g/mol. The van der Waals surface area contributed by atoms with Crippen molar-refractivity contribution >= 4 is 34.0 Å². The third-order valence-electron chi connectivity index (χ3n) is 3.68. The van der Waals surface area contributed by atoms with Gasteiger partial charge in [0.1, 0.15) is 0 Å². The number of halogens is 1. The second kappa shape index (κ2) is 6.98. The van der Waals surface area contributed by atoms with Crippen LogP contribution in [-0.2, 0) is 0 Å². The van der Waals surface area contributed by atoms with E-state index in [-0.39, 0.29) is 11.4 Å². The van der Waals surface area contributed by atoms with Gasteiger partial charge in [0.15, 0.2) is 0 Å². The Labute approximate surface area is 156 Å². The number of nitro benzene ring substituents is 2. The van der Waals surface area contributed by atoms with Crippen molar-refractivity contribution in [3.05, 3.63) is 90.5 Å². The molecule has 0 aromatic heterocycles. The van der Waals surface area contributed by atoms with Crippen LogP contribution in [0.25, 0.3) is 22.3 Å². The van der Waals surface area contributed by atoms with E-state index in [4.69, 9.17) is 0 Å². The van der Waals surface area contributed by atoms with E-state index in [9.17, 15) is 20.2 Å². The fourth-order valence-electron chi connectivity index (χ4n) is 2.52. The first-order valence-electron chi connectivity index (χ1n) is 7.24.